The average molecular weight is 232 g/mol. The molecule has 86 valence electrons. The van der Waals surface area contributed by atoms with E-state index in [1.54, 1.807) is 0 Å². The molecule has 1 N–H and O–H groups in total. The Morgan fingerprint density at radius 3 is 2.67 bits per heavy atom. The molecule has 4 heteroatoms. The van der Waals surface area contributed by atoms with Crippen LogP contribution in [-0.4, -0.2) is 23.1 Å². The van der Waals surface area contributed by atoms with Crippen LogP contribution in [0.2, 0.25) is 0 Å². The standard InChI is InChI=1S/C11H18ClNO2/c1-8-4-3-5-11(6-8,10(15)7-12)13-9(2)14/h8H,3-7H2,1-2H3,(H,13,14). The molecule has 2 unspecified atom stereocenters. The van der Waals surface area contributed by atoms with E-state index < -0.39 is 5.54 Å². The molecule has 0 heterocycles. The van der Waals surface area contributed by atoms with Gasteiger partial charge in [-0.05, 0) is 18.8 Å². The van der Waals surface area contributed by atoms with Crippen LogP contribution in [0.1, 0.15) is 39.5 Å². The molecule has 1 rings (SSSR count). The Morgan fingerprint density at radius 2 is 2.20 bits per heavy atom. The highest BCUT2D eigenvalue weighted by Gasteiger charge is 2.41. The lowest BCUT2D eigenvalue weighted by atomic mass is 9.74. The van der Waals surface area contributed by atoms with E-state index in [0.717, 1.165) is 25.7 Å². The maximum absolute atomic E-state index is 11.8. The first-order valence-electron chi connectivity index (χ1n) is 5.38. The Morgan fingerprint density at radius 1 is 1.53 bits per heavy atom. The normalized spacial score (nSPS) is 31.0. The fourth-order valence-corrected chi connectivity index (χ4v) is 2.71. The van der Waals surface area contributed by atoms with Crippen LogP contribution in [0.3, 0.4) is 0 Å². The van der Waals surface area contributed by atoms with Gasteiger partial charge in [-0.3, -0.25) is 9.59 Å². The summed E-state index contributed by atoms with van der Waals surface area (Å²) in [6.45, 7) is 3.56. The van der Waals surface area contributed by atoms with Gasteiger partial charge in [-0.2, -0.15) is 0 Å². The van der Waals surface area contributed by atoms with Crippen molar-refractivity contribution in [1.82, 2.24) is 5.32 Å². The molecule has 1 aliphatic carbocycles. The molecule has 0 aromatic rings. The van der Waals surface area contributed by atoms with Gasteiger partial charge in [0.05, 0.1) is 11.4 Å². The monoisotopic (exact) mass is 231 g/mol. The van der Waals surface area contributed by atoms with E-state index in [1.807, 2.05) is 0 Å². The first-order valence-corrected chi connectivity index (χ1v) is 5.91. The molecule has 1 saturated carbocycles. The number of carbonyl (C=O) groups excluding carboxylic acids is 2. The lowest BCUT2D eigenvalue weighted by molar-refractivity contribution is -0.131. The number of carbonyl (C=O) groups is 2. The molecule has 15 heavy (non-hydrogen) atoms. The van der Waals surface area contributed by atoms with Crippen molar-refractivity contribution in [3.63, 3.8) is 0 Å². The van der Waals surface area contributed by atoms with Crippen molar-refractivity contribution >= 4 is 23.3 Å². The smallest absolute Gasteiger partial charge is 0.217 e. The largest absolute Gasteiger partial charge is 0.344 e. The van der Waals surface area contributed by atoms with Crippen LogP contribution in [0.25, 0.3) is 0 Å². The molecule has 0 radical (unpaired) electrons. The molecule has 1 fully saturated rings. The summed E-state index contributed by atoms with van der Waals surface area (Å²) < 4.78 is 0. The molecule has 0 saturated heterocycles. The Labute approximate surface area is 95.6 Å². The molecule has 0 aromatic carbocycles. The molecule has 1 amide bonds. The Balaban J connectivity index is 2.84. The van der Waals surface area contributed by atoms with Gasteiger partial charge in [0.15, 0.2) is 5.78 Å². The van der Waals surface area contributed by atoms with Crippen molar-refractivity contribution < 1.29 is 9.59 Å². The number of hydrogen-bond acceptors (Lipinski definition) is 2. The summed E-state index contributed by atoms with van der Waals surface area (Å²) in [4.78, 5) is 23.0. The van der Waals surface area contributed by atoms with Crippen LogP contribution < -0.4 is 5.32 Å². The number of amides is 1. The van der Waals surface area contributed by atoms with Crippen molar-refractivity contribution in [3.05, 3.63) is 0 Å². The summed E-state index contributed by atoms with van der Waals surface area (Å²) in [5.74, 6) is 0.249. The minimum absolute atomic E-state index is 0.0208. The molecule has 0 spiro atoms. The fourth-order valence-electron chi connectivity index (χ4n) is 2.45. The number of rotatable bonds is 3. The first kappa shape index (κ1) is 12.5. The van der Waals surface area contributed by atoms with E-state index in [1.165, 1.54) is 6.92 Å². The predicted molar refractivity (Wildman–Crippen MR) is 59.9 cm³/mol. The van der Waals surface area contributed by atoms with Crippen LogP contribution in [0.15, 0.2) is 0 Å². The van der Waals surface area contributed by atoms with Gasteiger partial charge >= 0.3 is 0 Å². The second kappa shape index (κ2) is 4.97. The maximum Gasteiger partial charge on any atom is 0.217 e. The second-order valence-electron chi connectivity index (χ2n) is 4.52. The van der Waals surface area contributed by atoms with Gasteiger partial charge in [0, 0.05) is 6.92 Å². The maximum atomic E-state index is 11.8. The zero-order chi connectivity index (χ0) is 11.5. The number of ketones is 1. The van der Waals surface area contributed by atoms with Gasteiger partial charge in [0.25, 0.3) is 0 Å². The van der Waals surface area contributed by atoms with Crippen LogP contribution in [0.5, 0.6) is 0 Å². The van der Waals surface area contributed by atoms with Gasteiger partial charge in [-0.25, -0.2) is 0 Å². The molecule has 0 aliphatic heterocycles. The third-order valence-corrected chi connectivity index (χ3v) is 3.31. The number of alkyl halides is 1. The van der Waals surface area contributed by atoms with Crippen molar-refractivity contribution in [1.29, 1.82) is 0 Å². The SMILES string of the molecule is CC(=O)NC1(C(=O)CCl)CCCC(C)C1. The molecule has 2 atom stereocenters. The number of halogens is 1. The molecular formula is C11H18ClNO2. The van der Waals surface area contributed by atoms with E-state index in [4.69, 9.17) is 11.6 Å². The summed E-state index contributed by atoms with van der Waals surface area (Å²) in [5, 5.41) is 2.80. The Kier molecular flexibility index (Phi) is 4.14. The number of Topliss-reactive ketones (excluding diaryl/α,β-unsaturated/α-hetero) is 1. The van der Waals surface area contributed by atoms with Crippen molar-refractivity contribution in [2.24, 2.45) is 5.92 Å². The second-order valence-corrected chi connectivity index (χ2v) is 4.79. The highest BCUT2D eigenvalue weighted by Crippen LogP contribution is 2.33. The van der Waals surface area contributed by atoms with E-state index in [-0.39, 0.29) is 17.6 Å². The van der Waals surface area contributed by atoms with Crippen LogP contribution in [-0.2, 0) is 9.59 Å². The summed E-state index contributed by atoms with van der Waals surface area (Å²) in [7, 11) is 0. The zero-order valence-corrected chi connectivity index (χ0v) is 10.1. The minimum atomic E-state index is -0.689. The fraction of sp³-hybridized carbons (Fsp3) is 0.818. The van der Waals surface area contributed by atoms with Gasteiger partial charge < -0.3 is 5.32 Å². The minimum Gasteiger partial charge on any atom is -0.344 e. The quantitative estimate of drug-likeness (QED) is 0.754. The lowest BCUT2D eigenvalue weighted by Crippen LogP contribution is -2.56. The van der Waals surface area contributed by atoms with E-state index in [0.29, 0.717) is 5.92 Å². The van der Waals surface area contributed by atoms with E-state index in [2.05, 4.69) is 12.2 Å². The number of nitrogens with one attached hydrogen (secondary N) is 1. The highest BCUT2D eigenvalue weighted by atomic mass is 35.5. The third-order valence-electron chi connectivity index (χ3n) is 3.07. The van der Waals surface area contributed by atoms with Crippen molar-refractivity contribution in [2.45, 2.75) is 45.1 Å². The zero-order valence-electron chi connectivity index (χ0n) is 9.31. The molecule has 3 nitrogen and oxygen atoms in total. The lowest BCUT2D eigenvalue weighted by Gasteiger charge is -2.38. The van der Waals surface area contributed by atoms with E-state index in [9.17, 15) is 9.59 Å². The summed E-state index contributed by atoms with van der Waals surface area (Å²) in [5.41, 5.74) is -0.689. The van der Waals surface area contributed by atoms with Gasteiger partial charge in [0.1, 0.15) is 0 Å². The molecule has 0 bridgehead atoms. The van der Waals surface area contributed by atoms with Gasteiger partial charge in [-0.15, -0.1) is 11.6 Å². The van der Waals surface area contributed by atoms with Gasteiger partial charge in [0.2, 0.25) is 5.91 Å². The van der Waals surface area contributed by atoms with E-state index >= 15 is 0 Å². The topological polar surface area (TPSA) is 46.2 Å². The summed E-state index contributed by atoms with van der Waals surface area (Å²) in [6, 6.07) is 0. The summed E-state index contributed by atoms with van der Waals surface area (Å²) >= 11 is 5.61. The third kappa shape index (κ3) is 2.94. The van der Waals surface area contributed by atoms with Crippen LogP contribution >= 0.6 is 11.6 Å². The Bertz CT molecular complexity index is 267. The Hall–Kier alpha value is -0.570. The van der Waals surface area contributed by atoms with Crippen LogP contribution in [0.4, 0.5) is 0 Å². The van der Waals surface area contributed by atoms with Crippen molar-refractivity contribution in [2.75, 3.05) is 5.88 Å². The molecule has 0 aromatic heterocycles. The predicted octanol–water partition coefficient (Wildman–Crippen LogP) is 1.88. The van der Waals surface area contributed by atoms with Gasteiger partial charge in [-0.1, -0.05) is 19.8 Å². The average Bonchev–Trinajstić information content (AvgIpc) is 2.15. The molecular weight excluding hydrogens is 214 g/mol. The highest BCUT2D eigenvalue weighted by molar-refractivity contribution is 6.29. The summed E-state index contributed by atoms with van der Waals surface area (Å²) in [6.07, 6.45) is 3.54. The number of hydrogen-bond donors (Lipinski definition) is 1. The van der Waals surface area contributed by atoms with Crippen molar-refractivity contribution in [3.8, 4) is 0 Å². The first-order chi connectivity index (χ1) is 7.00. The van der Waals surface area contributed by atoms with Crippen LogP contribution in [0, 0.1) is 5.92 Å². The molecule has 1 aliphatic rings.